The van der Waals surface area contributed by atoms with E-state index in [2.05, 4.69) is 25.0 Å². The molecule has 2 aliphatic rings. The van der Waals surface area contributed by atoms with Crippen LogP contribution in [0.1, 0.15) is 49.7 Å². The summed E-state index contributed by atoms with van der Waals surface area (Å²) >= 11 is 1.69. The quantitative estimate of drug-likeness (QED) is 0.198. The fourth-order valence-corrected chi connectivity index (χ4v) is 6.74. The van der Waals surface area contributed by atoms with Gasteiger partial charge in [0.25, 0.3) is 0 Å². The average Bonchev–Trinajstić information content (AvgIpc) is 3.33. The monoisotopic (exact) mass is 625 g/mol. The normalized spacial score (nSPS) is 19.8. The van der Waals surface area contributed by atoms with Crippen LogP contribution in [-0.2, 0) is 4.79 Å². The van der Waals surface area contributed by atoms with Crippen LogP contribution in [0.2, 0.25) is 0 Å². The number of aromatic nitrogens is 3. The molecule has 0 radical (unpaired) electrons. The van der Waals surface area contributed by atoms with Crippen molar-refractivity contribution in [1.29, 1.82) is 0 Å². The number of hydrogen-bond acceptors (Lipinski definition) is 6. The Morgan fingerprint density at radius 1 is 1.09 bits per heavy atom. The molecule has 7 nitrogen and oxygen atoms in total. The Kier molecular flexibility index (Phi) is 8.28. The Labute approximate surface area is 256 Å². The lowest BCUT2D eigenvalue weighted by Crippen LogP contribution is -2.43. The number of ether oxygens (including phenoxy) is 1. The van der Waals surface area contributed by atoms with Crippen LogP contribution in [0.5, 0.6) is 5.75 Å². The summed E-state index contributed by atoms with van der Waals surface area (Å²) in [5.74, 6) is 1.55. The summed E-state index contributed by atoms with van der Waals surface area (Å²) in [6.07, 6.45) is -1.87. The smallest absolute Gasteiger partial charge is 0.406 e. The molecule has 4 aromatic rings. The van der Waals surface area contributed by atoms with Crippen molar-refractivity contribution in [2.75, 3.05) is 17.2 Å². The molecule has 2 fully saturated rings. The molecular formula is C32H31F4N5O2S. The molecule has 230 valence electrons. The first-order valence-corrected chi connectivity index (χ1v) is 15.4. The highest BCUT2D eigenvalue weighted by molar-refractivity contribution is 8.00. The maximum absolute atomic E-state index is 13.9. The Hall–Kier alpha value is -4.06. The zero-order valence-electron chi connectivity index (χ0n) is 24.1. The molecule has 0 bridgehead atoms. The van der Waals surface area contributed by atoms with E-state index in [1.54, 1.807) is 17.8 Å². The third-order valence-corrected chi connectivity index (χ3v) is 9.00. The van der Waals surface area contributed by atoms with Gasteiger partial charge in [0, 0.05) is 30.0 Å². The van der Waals surface area contributed by atoms with Crippen LogP contribution in [0.25, 0.3) is 17.1 Å². The van der Waals surface area contributed by atoms with Crippen molar-refractivity contribution in [3.05, 3.63) is 90.0 Å². The van der Waals surface area contributed by atoms with Gasteiger partial charge in [-0.25, -0.2) is 14.1 Å². The van der Waals surface area contributed by atoms with Gasteiger partial charge in [0.2, 0.25) is 5.91 Å². The van der Waals surface area contributed by atoms with Crippen LogP contribution in [0, 0.1) is 11.7 Å². The predicted octanol–water partition coefficient (Wildman–Crippen LogP) is 7.24. The van der Waals surface area contributed by atoms with Gasteiger partial charge in [0.15, 0.2) is 11.3 Å². The number of rotatable bonds is 9. The van der Waals surface area contributed by atoms with Crippen LogP contribution in [0.4, 0.5) is 23.2 Å². The number of carbonyl (C=O) groups excluding carboxylic acids is 1. The topological polar surface area (TPSA) is 72.3 Å². The van der Waals surface area contributed by atoms with Gasteiger partial charge in [0.05, 0.1) is 5.69 Å². The molecule has 1 aliphatic carbocycles. The third kappa shape index (κ3) is 6.85. The fraction of sp³-hybridized carbons (Fsp3) is 0.344. The largest absolute Gasteiger partial charge is 0.573 e. The van der Waals surface area contributed by atoms with Crippen molar-refractivity contribution in [3.8, 4) is 22.8 Å². The van der Waals surface area contributed by atoms with Gasteiger partial charge in [-0.3, -0.25) is 4.79 Å². The van der Waals surface area contributed by atoms with Crippen molar-refractivity contribution >= 4 is 23.4 Å². The lowest BCUT2D eigenvalue weighted by atomic mass is 10.0. The molecule has 1 aromatic heterocycles. The van der Waals surface area contributed by atoms with Gasteiger partial charge in [-0.2, -0.15) is 0 Å². The molecule has 1 saturated carbocycles. The van der Waals surface area contributed by atoms with E-state index in [1.807, 2.05) is 44.2 Å². The number of amides is 1. The molecule has 0 spiro atoms. The van der Waals surface area contributed by atoms with E-state index < -0.39 is 6.36 Å². The summed E-state index contributed by atoms with van der Waals surface area (Å²) in [4.78, 5) is 19.5. The van der Waals surface area contributed by atoms with Crippen molar-refractivity contribution in [3.63, 3.8) is 0 Å². The van der Waals surface area contributed by atoms with Crippen LogP contribution in [0.3, 0.4) is 0 Å². The van der Waals surface area contributed by atoms with E-state index in [1.165, 1.54) is 41.3 Å². The molecule has 1 saturated heterocycles. The first kappa shape index (κ1) is 30.0. The third-order valence-electron chi connectivity index (χ3n) is 7.89. The van der Waals surface area contributed by atoms with E-state index in [9.17, 15) is 22.4 Å². The number of halogens is 4. The number of thioether (sulfide) groups is 1. The van der Waals surface area contributed by atoms with E-state index in [0.29, 0.717) is 23.9 Å². The zero-order chi connectivity index (χ0) is 31.0. The summed E-state index contributed by atoms with van der Waals surface area (Å²) in [7, 11) is 0. The van der Waals surface area contributed by atoms with E-state index in [-0.39, 0.29) is 34.8 Å². The van der Waals surface area contributed by atoms with Crippen LogP contribution >= 0.6 is 11.8 Å². The van der Waals surface area contributed by atoms with E-state index >= 15 is 0 Å². The molecule has 6 rings (SSSR count). The maximum Gasteiger partial charge on any atom is 0.573 e. The number of carbonyl (C=O) groups is 1. The van der Waals surface area contributed by atoms with Gasteiger partial charge < -0.3 is 15.0 Å². The van der Waals surface area contributed by atoms with Gasteiger partial charge in [-0.15, -0.1) is 30.0 Å². The summed E-state index contributed by atoms with van der Waals surface area (Å²) in [6, 6.07) is 18.2. The number of anilines is 1. The van der Waals surface area contributed by atoms with Gasteiger partial charge in [-0.1, -0.05) is 38.1 Å². The Morgan fingerprint density at radius 3 is 2.55 bits per heavy atom. The highest BCUT2D eigenvalue weighted by atomic mass is 32.2. The predicted molar refractivity (Wildman–Crippen MR) is 161 cm³/mol. The second kappa shape index (κ2) is 12.1. The summed E-state index contributed by atoms with van der Waals surface area (Å²) in [5, 5.41) is 7.65. The van der Waals surface area contributed by atoms with Gasteiger partial charge >= 0.3 is 6.36 Å². The molecule has 12 heteroatoms. The number of hydrogen-bond donors (Lipinski definition) is 1. The molecule has 44 heavy (non-hydrogen) atoms. The first-order valence-electron chi connectivity index (χ1n) is 14.4. The SMILES string of the molecule is CC(C)c1cc(F)ccc1N1CCSC1NC(=O)CC1CC1c1ccc(-c2ncn(-c3ccc(OC(F)(F)F)cc3)n2)cc1. The van der Waals surface area contributed by atoms with Crippen molar-refractivity contribution in [2.45, 2.75) is 50.4 Å². The van der Waals surface area contributed by atoms with Crippen LogP contribution in [0.15, 0.2) is 73.1 Å². The number of nitrogens with zero attached hydrogens (tertiary/aromatic N) is 4. The minimum absolute atomic E-state index is 0.0134. The van der Waals surface area contributed by atoms with Crippen molar-refractivity contribution in [2.24, 2.45) is 5.92 Å². The lowest BCUT2D eigenvalue weighted by Gasteiger charge is -2.29. The fourth-order valence-electron chi connectivity index (χ4n) is 5.60. The van der Waals surface area contributed by atoms with E-state index in [0.717, 1.165) is 41.1 Å². The van der Waals surface area contributed by atoms with Crippen molar-refractivity contribution < 1.29 is 27.1 Å². The minimum atomic E-state index is -4.75. The highest BCUT2D eigenvalue weighted by Crippen LogP contribution is 2.49. The Balaban J connectivity index is 1.03. The number of nitrogens with one attached hydrogen (secondary N) is 1. The zero-order valence-corrected chi connectivity index (χ0v) is 24.9. The Morgan fingerprint density at radius 2 is 1.84 bits per heavy atom. The number of benzene rings is 3. The molecule has 3 atom stereocenters. The van der Waals surface area contributed by atoms with Crippen molar-refractivity contribution in [1.82, 2.24) is 20.1 Å². The molecule has 1 N–H and O–H groups in total. The molecule has 3 aromatic carbocycles. The summed E-state index contributed by atoms with van der Waals surface area (Å²) < 4.78 is 56.6. The second-order valence-corrected chi connectivity index (χ2v) is 12.5. The highest BCUT2D eigenvalue weighted by Gasteiger charge is 2.40. The van der Waals surface area contributed by atoms with Crippen LogP contribution in [-0.4, -0.2) is 44.8 Å². The summed E-state index contributed by atoms with van der Waals surface area (Å²) in [6.45, 7) is 4.87. The standard InChI is InChI=1S/C32H31F4N5O2S/c1-19(2)26-17-23(33)7-12-28(26)40-13-14-44-31(40)38-29(42)16-22-15-27(22)20-3-5-21(6-4-20)30-37-18-41(39-30)24-8-10-25(11-9-24)43-32(34,35)36/h3-12,17-19,22,27,31H,13-16H2,1-2H3,(H,38,42). The average molecular weight is 626 g/mol. The lowest BCUT2D eigenvalue weighted by molar-refractivity contribution is -0.274. The minimum Gasteiger partial charge on any atom is -0.406 e. The molecule has 3 unspecified atom stereocenters. The summed E-state index contributed by atoms with van der Waals surface area (Å²) in [5.41, 5.74) is 4.23. The van der Waals surface area contributed by atoms with E-state index in [4.69, 9.17) is 0 Å². The molecule has 1 amide bonds. The molecule has 2 heterocycles. The Bertz CT molecular complexity index is 1630. The van der Waals surface area contributed by atoms with Gasteiger partial charge in [-0.05, 0) is 77.8 Å². The molecular weight excluding hydrogens is 594 g/mol. The van der Waals surface area contributed by atoms with Gasteiger partial charge in [0.1, 0.15) is 17.9 Å². The van der Waals surface area contributed by atoms with Crippen LogP contribution < -0.4 is 15.0 Å². The number of alkyl halides is 3. The maximum atomic E-state index is 13.9. The second-order valence-electron chi connectivity index (χ2n) is 11.3. The first-order chi connectivity index (χ1) is 21.0. The molecule has 1 aliphatic heterocycles.